The summed E-state index contributed by atoms with van der Waals surface area (Å²) in [5.41, 5.74) is 7.14. The smallest absolute Gasteiger partial charge is 0.275 e. The van der Waals surface area contributed by atoms with E-state index < -0.39 is 0 Å². The van der Waals surface area contributed by atoms with Gasteiger partial charge in [-0.15, -0.1) is 0 Å². The fraction of sp³-hybridized carbons (Fsp3) is 0.296. The number of piperazine rings is 1. The Morgan fingerprint density at radius 3 is 2.14 bits per heavy atom. The molecule has 1 saturated heterocycles. The second-order valence-corrected chi connectivity index (χ2v) is 10.1. The Morgan fingerprint density at radius 1 is 0.857 bits per heavy atom. The lowest BCUT2D eigenvalue weighted by atomic mass is 10.1. The van der Waals surface area contributed by atoms with Gasteiger partial charge >= 0.3 is 0 Å². The van der Waals surface area contributed by atoms with Crippen molar-refractivity contribution >= 4 is 44.5 Å². The van der Waals surface area contributed by atoms with Gasteiger partial charge in [0.15, 0.2) is 0 Å². The third-order valence-corrected chi connectivity index (χ3v) is 7.30. The maximum atomic E-state index is 12.5. The molecule has 0 unspecified atom stereocenters. The zero-order valence-electron chi connectivity index (χ0n) is 19.9. The molecule has 0 bridgehead atoms. The van der Waals surface area contributed by atoms with Gasteiger partial charge in [0, 0.05) is 60.3 Å². The normalized spacial score (nSPS) is 17.6. The molecule has 0 spiro atoms. The van der Waals surface area contributed by atoms with Gasteiger partial charge in [-0.05, 0) is 43.2 Å². The molecule has 2 aliphatic rings. The number of anilines is 1. The van der Waals surface area contributed by atoms with E-state index in [0.717, 1.165) is 65.2 Å². The Hall–Kier alpha value is -3.07. The number of imide groups is 1. The molecule has 1 N–H and O–H groups in total. The molecule has 1 fully saturated rings. The summed E-state index contributed by atoms with van der Waals surface area (Å²) < 4.78 is 0.928. The molecule has 0 aliphatic carbocycles. The summed E-state index contributed by atoms with van der Waals surface area (Å²) in [6.07, 6.45) is 0. The summed E-state index contributed by atoms with van der Waals surface area (Å²) in [6, 6.07) is 18.6. The number of pyridine rings is 1. The number of hydrogen-bond acceptors (Lipinski definition) is 6. The molecule has 3 aromatic rings. The number of nitrogens with one attached hydrogen (secondary N) is 1. The summed E-state index contributed by atoms with van der Waals surface area (Å²) in [5, 5.41) is 2.12. The van der Waals surface area contributed by atoms with E-state index in [1.807, 2.05) is 18.2 Å². The number of carbonyl (C=O) groups excluding carboxylic acids is 2. The lowest BCUT2D eigenvalue weighted by Crippen LogP contribution is -2.45. The highest BCUT2D eigenvalue weighted by molar-refractivity contribution is 9.10. The van der Waals surface area contributed by atoms with Crippen molar-refractivity contribution in [1.82, 2.24) is 19.8 Å². The van der Waals surface area contributed by atoms with Gasteiger partial charge in [-0.25, -0.2) is 4.98 Å². The van der Waals surface area contributed by atoms with E-state index >= 15 is 0 Å². The van der Waals surface area contributed by atoms with E-state index in [1.54, 1.807) is 13.8 Å². The fourth-order valence-corrected chi connectivity index (χ4v) is 4.96. The molecule has 180 valence electrons. The minimum atomic E-state index is -0.334. The number of aromatic nitrogens is 1. The molecular weight excluding hydrogens is 506 g/mol. The molecule has 0 radical (unpaired) electrons. The van der Waals surface area contributed by atoms with Gasteiger partial charge in [-0.2, -0.15) is 5.01 Å². The first-order valence-corrected chi connectivity index (χ1v) is 12.6. The maximum absolute atomic E-state index is 12.5. The number of amides is 2. The Bertz CT molecular complexity index is 1290. The van der Waals surface area contributed by atoms with E-state index in [-0.39, 0.29) is 11.8 Å². The summed E-state index contributed by atoms with van der Waals surface area (Å²) in [7, 11) is 0. The molecule has 0 saturated carbocycles. The van der Waals surface area contributed by atoms with Crippen LogP contribution in [0.1, 0.15) is 25.0 Å². The summed E-state index contributed by atoms with van der Waals surface area (Å²) in [5.74, 6) is -0.183. The molecule has 35 heavy (non-hydrogen) atoms. The second kappa shape index (κ2) is 9.89. The number of halogens is 1. The molecule has 2 aromatic carbocycles. The van der Waals surface area contributed by atoms with Crippen LogP contribution in [0, 0.1) is 0 Å². The van der Waals surface area contributed by atoms with Gasteiger partial charge in [0.2, 0.25) is 0 Å². The predicted molar refractivity (Wildman–Crippen MR) is 140 cm³/mol. The van der Waals surface area contributed by atoms with Crippen molar-refractivity contribution in [3.05, 3.63) is 81.3 Å². The van der Waals surface area contributed by atoms with Gasteiger partial charge in [-0.1, -0.05) is 52.3 Å². The minimum Gasteiger partial charge on any atom is -0.297 e. The van der Waals surface area contributed by atoms with Crippen LogP contribution in [0.3, 0.4) is 0 Å². The highest BCUT2D eigenvalue weighted by atomic mass is 79.9. The lowest BCUT2D eigenvalue weighted by molar-refractivity contribution is -0.135. The number of hydrazine groups is 1. The third-order valence-electron chi connectivity index (χ3n) is 6.80. The lowest BCUT2D eigenvalue weighted by Gasteiger charge is -2.35. The second-order valence-electron chi connectivity index (χ2n) is 9.17. The number of nitrogens with zero attached hydrogens (tertiary/aromatic N) is 4. The number of rotatable bonds is 6. The van der Waals surface area contributed by atoms with E-state index in [0.29, 0.717) is 17.0 Å². The SMILES string of the molecule is CC1=C(C)C(=O)N(Nc2cc(CN3CCN(Cc4ccccc4)CC3)c3ccc(Br)cc3n2)C1=O. The molecule has 2 amide bonds. The van der Waals surface area contributed by atoms with E-state index in [9.17, 15) is 9.59 Å². The number of hydrogen-bond donors (Lipinski definition) is 1. The summed E-state index contributed by atoms with van der Waals surface area (Å²) in [4.78, 5) is 34.7. The number of benzene rings is 2. The molecule has 1 aromatic heterocycles. The standard InChI is InChI=1S/C27H28BrN5O2/c1-18-19(2)27(35)33(26(18)34)30-25-14-21(23-9-8-22(28)15-24(23)29-25)17-32-12-10-31(11-13-32)16-20-6-4-3-5-7-20/h3-9,14-15H,10-13,16-17H2,1-2H3,(H,29,30). The van der Waals surface area contributed by atoms with Crippen molar-refractivity contribution in [3.63, 3.8) is 0 Å². The molecule has 3 heterocycles. The fourth-order valence-electron chi connectivity index (χ4n) is 4.61. The molecule has 7 nitrogen and oxygen atoms in total. The molecular formula is C27H28BrN5O2. The highest BCUT2D eigenvalue weighted by Crippen LogP contribution is 2.27. The van der Waals surface area contributed by atoms with Crippen molar-refractivity contribution in [2.75, 3.05) is 31.6 Å². The van der Waals surface area contributed by atoms with Crippen molar-refractivity contribution in [1.29, 1.82) is 0 Å². The molecule has 5 rings (SSSR count). The quantitative estimate of drug-likeness (QED) is 0.475. The van der Waals surface area contributed by atoms with Crippen molar-refractivity contribution in [2.45, 2.75) is 26.9 Å². The minimum absolute atomic E-state index is 0.334. The van der Waals surface area contributed by atoms with Gasteiger partial charge in [0.25, 0.3) is 11.8 Å². The van der Waals surface area contributed by atoms with Crippen LogP contribution < -0.4 is 5.43 Å². The zero-order valence-corrected chi connectivity index (χ0v) is 21.5. The molecule has 2 aliphatic heterocycles. The largest absolute Gasteiger partial charge is 0.297 e. The topological polar surface area (TPSA) is 68.8 Å². The summed E-state index contributed by atoms with van der Waals surface area (Å²) in [6.45, 7) is 9.05. The average molecular weight is 534 g/mol. The van der Waals surface area contributed by atoms with Gasteiger partial charge in [0.05, 0.1) is 5.52 Å². The average Bonchev–Trinajstić information content (AvgIpc) is 3.03. The first-order chi connectivity index (χ1) is 16.9. The van der Waals surface area contributed by atoms with E-state index in [2.05, 4.69) is 67.6 Å². The predicted octanol–water partition coefficient (Wildman–Crippen LogP) is 4.35. The number of carbonyl (C=O) groups is 2. The van der Waals surface area contributed by atoms with Gasteiger partial charge in [0.1, 0.15) is 5.82 Å². The van der Waals surface area contributed by atoms with Crippen molar-refractivity contribution < 1.29 is 9.59 Å². The summed E-state index contributed by atoms with van der Waals surface area (Å²) >= 11 is 3.54. The van der Waals surface area contributed by atoms with Crippen LogP contribution >= 0.6 is 15.9 Å². The van der Waals surface area contributed by atoms with Crippen molar-refractivity contribution in [2.24, 2.45) is 0 Å². The Morgan fingerprint density at radius 2 is 1.49 bits per heavy atom. The monoisotopic (exact) mass is 533 g/mol. The number of fused-ring (bicyclic) bond motifs is 1. The van der Waals surface area contributed by atoms with Crippen LogP contribution in [0.25, 0.3) is 10.9 Å². The van der Waals surface area contributed by atoms with Crippen LogP contribution in [-0.2, 0) is 22.7 Å². The Labute approximate surface area is 213 Å². The van der Waals surface area contributed by atoms with E-state index in [1.165, 1.54) is 5.56 Å². The van der Waals surface area contributed by atoms with Crippen LogP contribution in [0.5, 0.6) is 0 Å². The van der Waals surface area contributed by atoms with Crippen LogP contribution in [-0.4, -0.2) is 57.8 Å². The van der Waals surface area contributed by atoms with Crippen LogP contribution in [0.4, 0.5) is 5.82 Å². The highest BCUT2D eigenvalue weighted by Gasteiger charge is 2.34. The molecule has 8 heteroatoms. The van der Waals surface area contributed by atoms with Crippen molar-refractivity contribution in [3.8, 4) is 0 Å². The van der Waals surface area contributed by atoms with Gasteiger partial charge < -0.3 is 0 Å². The Balaban J connectivity index is 1.33. The Kier molecular flexibility index (Phi) is 6.69. The zero-order chi connectivity index (χ0) is 24.5. The third kappa shape index (κ3) is 5.00. The maximum Gasteiger partial charge on any atom is 0.275 e. The first-order valence-electron chi connectivity index (χ1n) is 11.8. The first kappa shape index (κ1) is 23.7. The molecule has 0 atom stereocenters. The van der Waals surface area contributed by atoms with Crippen LogP contribution in [0.2, 0.25) is 0 Å². The van der Waals surface area contributed by atoms with E-state index in [4.69, 9.17) is 4.98 Å². The van der Waals surface area contributed by atoms with Gasteiger partial charge in [-0.3, -0.25) is 24.8 Å². The van der Waals surface area contributed by atoms with Crippen LogP contribution in [0.15, 0.2) is 70.2 Å².